The lowest BCUT2D eigenvalue weighted by atomic mass is 9.64. The van der Waals surface area contributed by atoms with Crippen LogP contribution in [-0.2, 0) is 34.0 Å². The lowest BCUT2D eigenvalue weighted by molar-refractivity contribution is -0.155. The molecule has 0 aliphatic carbocycles. The van der Waals surface area contributed by atoms with Crippen LogP contribution in [0.2, 0.25) is 0 Å². The number of esters is 2. The quantitative estimate of drug-likeness (QED) is 0.763. The largest absolute Gasteiger partial charge is 0.465 e. The SMILES string of the molecule is CCOC(=O)C1C(=N)OC(C)=C(C(=O)OC(C)(C)C)C12C(=O)N(C)c1ccccc12. The summed E-state index contributed by atoms with van der Waals surface area (Å²) in [4.78, 5) is 41.5. The van der Waals surface area contributed by atoms with Crippen LogP contribution < -0.4 is 4.90 Å². The van der Waals surface area contributed by atoms with E-state index in [2.05, 4.69) is 0 Å². The van der Waals surface area contributed by atoms with Crippen LogP contribution in [0.4, 0.5) is 5.69 Å². The lowest BCUT2D eigenvalue weighted by Crippen LogP contribution is -2.57. The predicted octanol–water partition coefficient (Wildman–Crippen LogP) is 2.70. The zero-order chi connectivity index (χ0) is 22.4. The molecule has 2 aliphatic rings. The zero-order valence-corrected chi connectivity index (χ0v) is 18.0. The molecular weight excluding hydrogens is 388 g/mol. The van der Waals surface area contributed by atoms with Gasteiger partial charge in [-0.3, -0.25) is 15.0 Å². The van der Waals surface area contributed by atoms with Crippen LogP contribution in [0.3, 0.4) is 0 Å². The number of ether oxygens (including phenoxy) is 3. The van der Waals surface area contributed by atoms with Crippen molar-refractivity contribution < 1.29 is 28.6 Å². The summed E-state index contributed by atoms with van der Waals surface area (Å²) in [5, 5.41) is 8.40. The summed E-state index contributed by atoms with van der Waals surface area (Å²) < 4.78 is 16.3. The molecule has 0 radical (unpaired) electrons. The average Bonchev–Trinajstić information content (AvgIpc) is 2.83. The molecule has 0 saturated heterocycles. The third-order valence-electron chi connectivity index (χ3n) is 5.16. The summed E-state index contributed by atoms with van der Waals surface area (Å²) in [5.41, 5.74) is -1.76. The van der Waals surface area contributed by atoms with Crippen LogP contribution in [-0.4, -0.2) is 43.0 Å². The molecule has 1 aromatic carbocycles. The number of amides is 1. The maximum Gasteiger partial charge on any atom is 0.339 e. The Kier molecular flexibility index (Phi) is 5.22. The number of carbonyl (C=O) groups excluding carboxylic acids is 3. The van der Waals surface area contributed by atoms with E-state index >= 15 is 0 Å². The van der Waals surface area contributed by atoms with Gasteiger partial charge in [-0.2, -0.15) is 0 Å². The number of carbonyl (C=O) groups is 3. The number of fused-ring (bicyclic) bond motifs is 2. The Hall–Kier alpha value is -3.16. The second kappa shape index (κ2) is 7.27. The van der Waals surface area contributed by atoms with Crippen molar-refractivity contribution >= 4 is 29.4 Å². The van der Waals surface area contributed by atoms with Crippen molar-refractivity contribution in [3.05, 3.63) is 41.2 Å². The van der Waals surface area contributed by atoms with Gasteiger partial charge >= 0.3 is 11.9 Å². The molecule has 1 aromatic rings. The number of para-hydroxylation sites is 1. The summed E-state index contributed by atoms with van der Waals surface area (Å²) >= 11 is 0. The molecule has 8 nitrogen and oxygen atoms in total. The van der Waals surface area contributed by atoms with Crippen molar-refractivity contribution in [2.45, 2.75) is 45.6 Å². The summed E-state index contributed by atoms with van der Waals surface area (Å²) in [6, 6.07) is 6.89. The van der Waals surface area contributed by atoms with Gasteiger partial charge in [0.25, 0.3) is 0 Å². The van der Waals surface area contributed by atoms with Crippen molar-refractivity contribution in [3.63, 3.8) is 0 Å². The second-order valence-corrected chi connectivity index (χ2v) is 8.27. The van der Waals surface area contributed by atoms with E-state index in [0.717, 1.165) is 0 Å². The lowest BCUT2D eigenvalue weighted by Gasteiger charge is -2.40. The minimum atomic E-state index is -1.81. The van der Waals surface area contributed by atoms with Crippen molar-refractivity contribution in [1.82, 2.24) is 0 Å². The summed E-state index contributed by atoms with van der Waals surface area (Å²) in [5.74, 6) is -3.96. The van der Waals surface area contributed by atoms with Gasteiger partial charge in [0, 0.05) is 12.7 Å². The van der Waals surface area contributed by atoms with Crippen LogP contribution in [0, 0.1) is 11.3 Å². The van der Waals surface area contributed by atoms with E-state index in [-0.39, 0.29) is 17.9 Å². The number of rotatable bonds is 3. The molecule has 2 unspecified atom stereocenters. The van der Waals surface area contributed by atoms with E-state index in [1.807, 2.05) is 0 Å². The third kappa shape index (κ3) is 3.07. The zero-order valence-electron chi connectivity index (χ0n) is 18.0. The highest BCUT2D eigenvalue weighted by Crippen LogP contribution is 2.54. The second-order valence-electron chi connectivity index (χ2n) is 8.27. The molecule has 2 atom stereocenters. The van der Waals surface area contributed by atoms with Gasteiger partial charge in [0.15, 0.2) is 5.92 Å². The fraction of sp³-hybridized carbons (Fsp3) is 0.455. The van der Waals surface area contributed by atoms with Gasteiger partial charge in [-0.1, -0.05) is 18.2 Å². The Labute approximate surface area is 175 Å². The number of anilines is 1. The molecule has 160 valence electrons. The predicted molar refractivity (Wildman–Crippen MR) is 109 cm³/mol. The molecule has 1 amide bonds. The van der Waals surface area contributed by atoms with Gasteiger partial charge in [0.05, 0.1) is 12.2 Å². The Morgan fingerprint density at radius 1 is 1.27 bits per heavy atom. The number of nitrogens with zero attached hydrogens (tertiary/aromatic N) is 1. The number of hydrogen-bond acceptors (Lipinski definition) is 7. The summed E-state index contributed by atoms with van der Waals surface area (Å²) in [6.07, 6.45) is 0. The molecule has 0 aromatic heterocycles. The monoisotopic (exact) mass is 414 g/mol. The highest BCUT2D eigenvalue weighted by molar-refractivity contribution is 6.21. The third-order valence-corrected chi connectivity index (χ3v) is 5.16. The molecule has 2 aliphatic heterocycles. The molecule has 0 saturated carbocycles. The van der Waals surface area contributed by atoms with Gasteiger partial charge < -0.3 is 19.1 Å². The molecule has 1 spiro atoms. The number of benzene rings is 1. The van der Waals surface area contributed by atoms with Crippen molar-refractivity contribution in [2.75, 3.05) is 18.6 Å². The van der Waals surface area contributed by atoms with Gasteiger partial charge in [-0.15, -0.1) is 0 Å². The van der Waals surface area contributed by atoms with Gasteiger partial charge in [0.1, 0.15) is 16.8 Å². The first kappa shape index (κ1) is 21.5. The number of allylic oxidation sites excluding steroid dienone is 1. The molecular formula is C22H26N2O6. The van der Waals surface area contributed by atoms with E-state index in [0.29, 0.717) is 11.3 Å². The van der Waals surface area contributed by atoms with Gasteiger partial charge in [-0.25, -0.2) is 4.79 Å². The van der Waals surface area contributed by atoms with Crippen LogP contribution in [0.5, 0.6) is 0 Å². The molecule has 8 heteroatoms. The first-order valence-corrected chi connectivity index (χ1v) is 9.72. The fourth-order valence-corrected chi connectivity index (χ4v) is 4.15. The van der Waals surface area contributed by atoms with Gasteiger partial charge in [-0.05, 0) is 46.2 Å². The molecule has 3 rings (SSSR count). The molecule has 0 bridgehead atoms. The molecule has 1 N–H and O–H groups in total. The van der Waals surface area contributed by atoms with Gasteiger partial charge in [0.2, 0.25) is 11.8 Å². The van der Waals surface area contributed by atoms with E-state index in [9.17, 15) is 14.4 Å². The average molecular weight is 414 g/mol. The topological polar surface area (TPSA) is 106 Å². The summed E-state index contributed by atoms with van der Waals surface area (Å²) in [7, 11) is 1.57. The maximum absolute atomic E-state index is 13.8. The number of hydrogen-bond donors (Lipinski definition) is 1. The number of nitrogens with one attached hydrogen (secondary N) is 1. The van der Waals surface area contributed by atoms with Crippen LogP contribution in [0.15, 0.2) is 35.6 Å². The minimum Gasteiger partial charge on any atom is -0.465 e. The molecule has 30 heavy (non-hydrogen) atoms. The van der Waals surface area contributed by atoms with Crippen LogP contribution in [0.25, 0.3) is 0 Å². The maximum atomic E-state index is 13.8. The van der Waals surface area contributed by atoms with E-state index < -0.39 is 40.7 Å². The summed E-state index contributed by atoms with van der Waals surface area (Å²) in [6.45, 7) is 8.29. The highest BCUT2D eigenvalue weighted by Gasteiger charge is 2.66. The molecule has 0 fully saturated rings. The normalized spacial score (nSPS) is 23.4. The standard InChI is InChI=1S/C22H26N2O6/c1-7-28-18(25)16-17(23)29-12(2)15(19(26)30-21(3,4)5)22(16)13-10-8-9-11-14(13)24(6)20(22)27/h8-11,16,23H,7H2,1-6H3. The van der Waals surface area contributed by atoms with Crippen LogP contribution in [0.1, 0.15) is 40.2 Å². The van der Waals surface area contributed by atoms with E-state index in [4.69, 9.17) is 19.6 Å². The van der Waals surface area contributed by atoms with Crippen molar-refractivity contribution in [1.29, 1.82) is 5.41 Å². The van der Waals surface area contributed by atoms with E-state index in [1.165, 1.54) is 11.8 Å². The first-order chi connectivity index (χ1) is 14.0. The Bertz CT molecular complexity index is 974. The van der Waals surface area contributed by atoms with Crippen LogP contribution >= 0.6 is 0 Å². The van der Waals surface area contributed by atoms with Crippen molar-refractivity contribution in [2.24, 2.45) is 5.92 Å². The Morgan fingerprint density at radius 3 is 2.50 bits per heavy atom. The minimum absolute atomic E-state index is 0.0493. The first-order valence-electron chi connectivity index (χ1n) is 9.72. The smallest absolute Gasteiger partial charge is 0.339 e. The van der Waals surface area contributed by atoms with Crippen molar-refractivity contribution in [3.8, 4) is 0 Å². The number of likely N-dealkylation sites (N-methyl/N-ethyl adjacent to an activating group) is 1. The Balaban J connectivity index is 2.37. The molecule has 2 heterocycles. The highest BCUT2D eigenvalue weighted by atomic mass is 16.6. The van der Waals surface area contributed by atoms with E-state index in [1.54, 1.807) is 59.0 Å². The fourth-order valence-electron chi connectivity index (χ4n) is 4.15. The Morgan fingerprint density at radius 2 is 1.90 bits per heavy atom.